The second-order valence-corrected chi connectivity index (χ2v) is 13.6. The smallest absolute Gasteiger partial charge is 0.453 e. The van der Waals surface area contributed by atoms with Crippen molar-refractivity contribution in [2.45, 2.75) is 94.1 Å². The molecular weight excluding hydrogens is 575 g/mol. The molecule has 0 amide bonds. The van der Waals surface area contributed by atoms with Crippen LogP contribution in [-0.4, -0.2) is 46.5 Å². The van der Waals surface area contributed by atoms with Crippen LogP contribution in [-0.2, 0) is 15.9 Å². The number of alkyl halides is 5. The van der Waals surface area contributed by atoms with Crippen LogP contribution in [0.4, 0.5) is 22.0 Å². The SMILES string of the molecule is C[C@]12C[C@@]3(c4ccc(OCCCCCSCCCC(F)(F)C(F)(F)F)cc4)O[C@@]3(c3ccc(O)cc3)C[C@@H]1CC[C@@H]2O. The number of halogens is 5. The van der Waals surface area contributed by atoms with Crippen molar-refractivity contribution in [2.75, 3.05) is 18.1 Å². The van der Waals surface area contributed by atoms with Gasteiger partial charge in [-0.3, -0.25) is 0 Å². The van der Waals surface area contributed by atoms with Gasteiger partial charge in [-0.15, -0.1) is 0 Å². The zero-order chi connectivity index (χ0) is 30.2. The standard InChI is InChI=1S/C32H39F5O4S/c1-28-21-30(29(41-30,20-24(28)10-15-27(28)39)22-6-11-25(38)12-7-22)23-8-13-26(14-9-23)40-17-3-2-4-18-42-19-5-16-31(33,34)32(35,36)37/h6-9,11-14,24,27,38-39H,2-5,10,15-21H2,1H3/t24-,27-,28-,29+,30-/m0/s1. The minimum atomic E-state index is -5.47. The van der Waals surface area contributed by atoms with Crippen molar-refractivity contribution in [3.63, 3.8) is 0 Å². The van der Waals surface area contributed by atoms with Gasteiger partial charge in [-0.1, -0.05) is 31.2 Å². The highest BCUT2D eigenvalue weighted by Gasteiger charge is 2.77. The molecule has 0 unspecified atom stereocenters. The van der Waals surface area contributed by atoms with E-state index in [0.29, 0.717) is 18.3 Å². The summed E-state index contributed by atoms with van der Waals surface area (Å²) in [6, 6.07) is 15.2. The van der Waals surface area contributed by atoms with Gasteiger partial charge in [-0.05, 0) is 110 Å². The second kappa shape index (κ2) is 11.8. The lowest BCUT2D eigenvalue weighted by Gasteiger charge is -2.43. The monoisotopic (exact) mass is 614 g/mol. The van der Waals surface area contributed by atoms with Gasteiger partial charge in [-0.25, -0.2) is 0 Å². The predicted octanol–water partition coefficient (Wildman–Crippen LogP) is 8.34. The van der Waals surface area contributed by atoms with Crippen LogP contribution in [0.5, 0.6) is 11.5 Å². The van der Waals surface area contributed by atoms with Crippen molar-refractivity contribution in [3.8, 4) is 11.5 Å². The van der Waals surface area contributed by atoms with Crippen LogP contribution in [0.25, 0.3) is 0 Å². The summed E-state index contributed by atoms with van der Waals surface area (Å²) in [5, 5.41) is 20.8. The van der Waals surface area contributed by atoms with E-state index in [1.54, 1.807) is 12.1 Å². The van der Waals surface area contributed by atoms with E-state index < -0.39 is 29.7 Å². The molecule has 2 aliphatic carbocycles. The molecule has 3 fully saturated rings. The van der Waals surface area contributed by atoms with Gasteiger partial charge in [0.2, 0.25) is 0 Å². The van der Waals surface area contributed by atoms with Crippen molar-refractivity contribution in [1.82, 2.24) is 0 Å². The fraction of sp³-hybridized carbons (Fsp3) is 0.625. The van der Waals surface area contributed by atoms with Gasteiger partial charge in [0.25, 0.3) is 0 Å². The molecule has 2 saturated carbocycles. The molecular formula is C32H39F5O4S. The fourth-order valence-corrected chi connectivity index (χ4v) is 8.06. The fourth-order valence-electron chi connectivity index (χ4n) is 7.10. The molecule has 232 valence electrons. The number of phenolic OH excluding ortho intramolecular Hbond substituents is 1. The molecule has 1 saturated heterocycles. The van der Waals surface area contributed by atoms with Gasteiger partial charge in [0.05, 0.1) is 12.7 Å². The van der Waals surface area contributed by atoms with Gasteiger partial charge in [-0.2, -0.15) is 33.7 Å². The lowest BCUT2D eigenvalue weighted by Crippen LogP contribution is -2.44. The third-order valence-corrected chi connectivity index (χ3v) is 10.8. The first-order valence-electron chi connectivity index (χ1n) is 14.8. The van der Waals surface area contributed by atoms with Crippen LogP contribution >= 0.6 is 11.8 Å². The third-order valence-electron chi connectivity index (χ3n) is 9.66. The molecule has 0 radical (unpaired) electrons. The van der Waals surface area contributed by atoms with Crippen molar-refractivity contribution < 1.29 is 41.6 Å². The normalized spacial score (nSPS) is 30.5. The maximum atomic E-state index is 12.9. The molecule has 3 aliphatic rings. The number of thioether (sulfide) groups is 1. The number of aliphatic hydroxyl groups excluding tert-OH is 1. The second-order valence-electron chi connectivity index (χ2n) is 12.3. The molecule has 42 heavy (non-hydrogen) atoms. The highest BCUT2D eigenvalue weighted by Crippen LogP contribution is 2.75. The number of epoxide rings is 1. The summed E-state index contributed by atoms with van der Waals surface area (Å²) in [6.07, 6.45) is -1.33. The molecule has 2 N–H and O–H groups in total. The number of phenols is 1. The van der Waals surface area contributed by atoms with Crippen LogP contribution in [0.1, 0.15) is 75.8 Å². The van der Waals surface area contributed by atoms with E-state index in [1.165, 1.54) is 11.8 Å². The molecule has 0 aromatic heterocycles. The molecule has 2 aromatic rings. The number of hydrogen-bond donors (Lipinski definition) is 2. The van der Waals surface area contributed by atoms with E-state index in [2.05, 4.69) is 6.92 Å². The van der Waals surface area contributed by atoms with E-state index in [9.17, 15) is 32.2 Å². The molecule has 1 heterocycles. The van der Waals surface area contributed by atoms with Gasteiger partial charge in [0.15, 0.2) is 0 Å². The van der Waals surface area contributed by atoms with E-state index in [4.69, 9.17) is 9.47 Å². The number of aromatic hydroxyl groups is 1. The average Bonchev–Trinajstić information content (AvgIpc) is 3.52. The summed E-state index contributed by atoms with van der Waals surface area (Å²) >= 11 is 1.40. The molecule has 2 aromatic carbocycles. The summed E-state index contributed by atoms with van der Waals surface area (Å²) in [7, 11) is 0. The summed E-state index contributed by atoms with van der Waals surface area (Å²) in [6.45, 7) is 2.70. The zero-order valence-corrected chi connectivity index (χ0v) is 24.6. The van der Waals surface area contributed by atoms with Gasteiger partial charge >= 0.3 is 12.1 Å². The molecule has 5 atom stereocenters. The van der Waals surface area contributed by atoms with Crippen LogP contribution in [0, 0.1) is 11.3 Å². The lowest BCUT2D eigenvalue weighted by atomic mass is 9.58. The molecule has 0 bridgehead atoms. The summed E-state index contributed by atoms with van der Waals surface area (Å²) in [5.41, 5.74) is 0.820. The van der Waals surface area contributed by atoms with E-state index >= 15 is 0 Å². The number of benzene rings is 2. The lowest BCUT2D eigenvalue weighted by molar-refractivity contribution is -0.284. The molecule has 0 spiro atoms. The first kappa shape index (κ1) is 31.4. The summed E-state index contributed by atoms with van der Waals surface area (Å²) in [4.78, 5) is 0. The topological polar surface area (TPSA) is 62.2 Å². The highest BCUT2D eigenvalue weighted by molar-refractivity contribution is 7.99. The van der Waals surface area contributed by atoms with Crippen molar-refractivity contribution in [2.24, 2.45) is 11.3 Å². The Morgan fingerprint density at radius 2 is 1.52 bits per heavy atom. The van der Waals surface area contributed by atoms with E-state index in [0.717, 1.165) is 61.8 Å². The number of unbranched alkanes of at least 4 members (excludes halogenated alkanes) is 2. The number of hydrogen-bond acceptors (Lipinski definition) is 5. The number of aliphatic hydroxyl groups is 1. The van der Waals surface area contributed by atoms with Crippen LogP contribution in [0.15, 0.2) is 48.5 Å². The number of rotatable bonds is 13. The number of ether oxygens (including phenoxy) is 2. The van der Waals surface area contributed by atoms with Crippen molar-refractivity contribution in [3.05, 3.63) is 59.7 Å². The molecule has 4 nitrogen and oxygen atoms in total. The Kier molecular flexibility index (Phi) is 8.82. The maximum absolute atomic E-state index is 12.9. The Labute approximate surface area is 248 Å². The maximum Gasteiger partial charge on any atom is 0.453 e. The Hall–Kier alpha value is -2.04. The first-order valence-corrected chi connectivity index (χ1v) is 15.9. The minimum absolute atomic E-state index is 0.168. The Morgan fingerprint density at radius 3 is 2.21 bits per heavy atom. The Bertz CT molecular complexity index is 1210. The quantitative estimate of drug-likeness (QED) is 0.135. The van der Waals surface area contributed by atoms with Gasteiger partial charge < -0.3 is 19.7 Å². The Balaban J connectivity index is 1.10. The van der Waals surface area contributed by atoms with Crippen molar-refractivity contribution in [1.29, 1.82) is 0 Å². The van der Waals surface area contributed by atoms with Crippen molar-refractivity contribution >= 4 is 11.8 Å². The predicted molar refractivity (Wildman–Crippen MR) is 152 cm³/mol. The zero-order valence-electron chi connectivity index (χ0n) is 23.8. The number of fused-ring (bicyclic) bond motifs is 2. The largest absolute Gasteiger partial charge is 0.508 e. The van der Waals surface area contributed by atoms with Gasteiger partial charge in [0, 0.05) is 6.42 Å². The van der Waals surface area contributed by atoms with E-state index in [-0.39, 0.29) is 29.4 Å². The third kappa shape index (κ3) is 5.87. The summed E-state index contributed by atoms with van der Waals surface area (Å²) < 4.78 is 75.1. The van der Waals surface area contributed by atoms with E-state index in [1.807, 2.05) is 36.4 Å². The first-order chi connectivity index (χ1) is 19.8. The van der Waals surface area contributed by atoms with Crippen LogP contribution in [0.3, 0.4) is 0 Å². The average molecular weight is 615 g/mol. The van der Waals surface area contributed by atoms with Crippen LogP contribution < -0.4 is 4.74 Å². The van der Waals surface area contributed by atoms with Crippen LogP contribution in [0.2, 0.25) is 0 Å². The molecule has 10 heteroatoms. The highest BCUT2D eigenvalue weighted by atomic mass is 32.2. The Morgan fingerprint density at radius 1 is 0.881 bits per heavy atom. The summed E-state index contributed by atoms with van der Waals surface area (Å²) in [5.74, 6) is -2.30. The molecule has 1 aliphatic heterocycles. The van der Waals surface area contributed by atoms with Gasteiger partial charge in [0.1, 0.15) is 22.7 Å². The minimum Gasteiger partial charge on any atom is -0.508 e. The molecule has 5 rings (SSSR count).